The summed E-state index contributed by atoms with van der Waals surface area (Å²) in [5.74, 6) is 0.348. The van der Waals surface area contributed by atoms with Gasteiger partial charge in [-0.05, 0) is 18.7 Å². The number of likely N-dealkylation sites (N-methyl/N-ethyl adjacent to an activating group) is 1. The molecule has 0 radical (unpaired) electrons. The van der Waals surface area contributed by atoms with Crippen molar-refractivity contribution in [2.75, 3.05) is 32.0 Å². The third-order valence-electron chi connectivity index (χ3n) is 3.34. The van der Waals surface area contributed by atoms with Crippen LogP contribution in [0.4, 0.5) is 5.69 Å². The summed E-state index contributed by atoms with van der Waals surface area (Å²) in [5.41, 5.74) is 2.80. The fourth-order valence-corrected chi connectivity index (χ4v) is 2.77. The number of fused-ring (bicyclic) bond motifs is 2. The van der Waals surface area contributed by atoms with E-state index in [1.807, 2.05) is 6.07 Å². The molecule has 0 saturated carbocycles. The first-order valence-corrected chi connectivity index (χ1v) is 4.96. The zero-order valence-electron chi connectivity index (χ0n) is 8.25. The summed E-state index contributed by atoms with van der Waals surface area (Å²) in [5, 5.41) is 12.7. The number of nitrogens with zero attached hydrogens (tertiary/aromatic N) is 1. The van der Waals surface area contributed by atoms with Crippen molar-refractivity contribution in [2.45, 2.75) is 5.41 Å². The molecule has 0 aliphatic carbocycles. The summed E-state index contributed by atoms with van der Waals surface area (Å²) in [4.78, 5) is 2.32. The molecule has 1 spiro atoms. The highest BCUT2D eigenvalue weighted by molar-refractivity contribution is 5.64. The van der Waals surface area contributed by atoms with E-state index in [0.717, 1.165) is 25.3 Å². The van der Waals surface area contributed by atoms with E-state index in [1.165, 1.54) is 5.56 Å². The minimum absolute atomic E-state index is 0.317. The minimum atomic E-state index is 0.317. The molecule has 0 bridgehead atoms. The molecule has 0 atom stereocenters. The molecule has 0 amide bonds. The van der Waals surface area contributed by atoms with Crippen molar-refractivity contribution in [1.82, 2.24) is 4.90 Å². The van der Waals surface area contributed by atoms with Gasteiger partial charge < -0.3 is 15.3 Å². The van der Waals surface area contributed by atoms with Gasteiger partial charge in [-0.2, -0.15) is 0 Å². The number of hydrogen-bond acceptors (Lipinski definition) is 3. The number of likely N-dealkylation sites (tertiary alicyclic amines) is 1. The van der Waals surface area contributed by atoms with E-state index in [1.54, 1.807) is 6.07 Å². The lowest BCUT2D eigenvalue weighted by atomic mass is 9.76. The van der Waals surface area contributed by atoms with E-state index in [9.17, 15) is 5.11 Å². The van der Waals surface area contributed by atoms with E-state index in [2.05, 4.69) is 23.3 Å². The Morgan fingerprint density at radius 1 is 1.43 bits per heavy atom. The van der Waals surface area contributed by atoms with Crippen molar-refractivity contribution in [2.24, 2.45) is 0 Å². The Kier molecular flexibility index (Phi) is 1.40. The average Bonchev–Trinajstić information content (AvgIpc) is 2.44. The van der Waals surface area contributed by atoms with Crippen molar-refractivity contribution in [3.05, 3.63) is 23.8 Å². The number of rotatable bonds is 0. The van der Waals surface area contributed by atoms with Gasteiger partial charge in [0.2, 0.25) is 0 Å². The molecule has 2 aliphatic rings. The van der Waals surface area contributed by atoms with Crippen LogP contribution in [0.5, 0.6) is 5.75 Å². The Bertz CT molecular complexity index is 383. The lowest BCUT2D eigenvalue weighted by Gasteiger charge is -2.46. The second-order valence-electron chi connectivity index (χ2n) is 4.54. The third kappa shape index (κ3) is 0.904. The molecule has 1 fully saturated rings. The molecule has 1 aromatic carbocycles. The van der Waals surface area contributed by atoms with Crippen LogP contribution in [-0.4, -0.2) is 36.7 Å². The highest BCUT2D eigenvalue weighted by Crippen LogP contribution is 2.43. The van der Waals surface area contributed by atoms with E-state index < -0.39 is 0 Å². The van der Waals surface area contributed by atoms with E-state index >= 15 is 0 Å². The number of phenols is 1. The smallest absolute Gasteiger partial charge is 0.117 e. The molecule has 2 aliphatic heterocycles. The second kappa shape index (κ2) is 2.42. The zero-order chi connectivity index (χ0) is 9.76. The predicted molar refractivity (Wildman–Crippen MR) is 55.8 cm³/mol. The first-order valence-electron chi connectivity index (χ1n) is 4.96. The molecule has 2 heterocycles. The van der Waals surface area contributed by atoms with Gasteiger partial charge in [0.1, 0.15) is 5.75 Å². The van der Waals surface area contributed by atoms with Gasteiger partial charge in [-0.15, -0.1) is 0 Å². The molecule has 3 rings (SSSR count). The molecule has 2 N–H and O–H groups in total. The third-order valence-corrected chi connectivity index (χ3v) is 3.34. The Labute approximate surface area is 83.3 Å². The predicted octanol–water partition coefficient (Wildman–Crippen LogP) is 1.00. The normalized spacial score (nSPS) is 22.9. The van der Waals surface area contributed by atoms with Crippen molar-refractivity contribution in [1.29, 1.82) is 0 Å². The molecule has 0 unspecified atom stereocenters. The van der Waals surface area contributed by atoms with E-state index in [0.29, 0.717) is 11.2 Å². The number of hydrogen-bond donors (Lipinski definition) is 2. The molecule has 1 aromatic rings. The van der Waals surface area contributed by atoms with Gasteiger partial charge in [-0.3, -0.25) is 0 Å². The Morgan fingerprint density at radius 2 is 2.21 bits per heavy atom. The topological polar surface area (TPSA) is 35.5 Å². The summed E-state index contributed by atoms with van der Waals surface area (Å²) in [6.45, 7) is 3.26. The summed E-state index contributed by atoms with van der Waals surface area (Å²) >= 11 is 0. The van der Waals surface area contributed by atoms with Crippen LogP contribution in [0.1, 0.15) is 5.56 Å². The molecular weight excluding hydrogens is 176 g/mol. The van der Waals surface area contributed by atoms with Gasteiger partial charge in [0.15, 0.2) is 0 Å². The lowest BCUT2D eigenvalue weighted by molar-refractivity contribution is 0.109. The molecule has 0 aromatic heterocycles. The molecule has 14 heavy (non-hydrogen) atoms. The van der Waals surface area contributed by atoms with Crippen LogP contribution in [0.15, 0.2) is 18.2 Å². The molecule has 74 valence electrons. The van der Waals surface area contributed by atoms with E-state index in [-0.39, 0.29) is 0 Å². The number of nitrogens with one attached hydrogen (secondary N) is 1. The standard InChI is InChI=1S/C11H14N2O/c1-13-6-11(7-13)5-12-10-4-8(14)2-3-9(10)11/h2-4,12,14H,5-7H2,1H3. The molecule has 1 saturated heterocycles. The van der Waals surface area contributed by atoms with Gasteiger partial charge in [0, 0.05) is 36.8 Å². The van der Waals surface area contributed by atoms with Crippen molar-refractivity contribution in [3.63, 3.8) is 0 Å². The first kappa shape index (κ1) is 8.12. The van der Waals surface area contributed by atoms with Gasteiger partial charge in [-0.25, -0.2) is 0 Å². The maximum absolute atomic E-state index is 9.36. The minimum Gasteiger partial charge on any atom is -0.508 e. The van der Waals surface area contributed by atoms with Crippen LogP contribution < -0.4 is 5.32 Å². The van der Waals surface area contributed by atoms with Crippen molar-refractivity contribution < 1.29 is 5.11 Å². The largest absolute Gasteiger partial charge is 0.508 e. The average molecular weight is 190 g/mol. The maximum Gasteiger partial charge on any atom is 0.117 e. The van der Waals surface area contributed by atoms with Crippen LogP contribution >= 0.6 is 0 Å². The second-order valence-corrected chi connectivity index (χ2v) is 4.54. The van der Waals surface area contributed by atoms with Gasteiger partial charge >= 0.3 is 0 Å². The number of aromatic hydroxyl groups is 1. The highest BCUT2D eigenvalue weighted by atomic mass is 16.3. The Morgan fingerprint density at radius 3 is 2.93 bits per heavy atom. The zero-order valence-corrected chi connectivity index (χ0v) is 8.25. The maximum atomic E-state index is 9.36. The Balaban J connectivity index is 2.03. The van der Waals surface area contributed by atoms with Crippen LogP contribution in [-0.2, 0) is 5.41 Å². The molecular formula is C11H14N2O. The van der Waals surface area contributed by atoms with Crippen molar-refractivity contribution >= 4 is 5.69 Å². The summed E-state index contributed by atoms with van der Waals surface area (Å²) in [6, 6.07) is 5.66. The van der Waals surface area contributed by atoms with Crippen LogP contribution in [0.2, 0.25) is 0 Å². The van der Waals surface area contributed by atoms with Gasteiger partial charge in [-0.1, -0.05) is 6.07 Å². The molecule has 3 nitrogen and oxygen atoms in total. The number of anilines is 1. The molecule has 3 heteroatoms. The monoisotopic (exact) mass is 190 g/mol. The lowest BCUT2D eigenvalue weighted by Crippen LogP contribution is -2.58. The van der Waals surface area contributed by atoms with Gasteiger partial charge in [0.25, 0.3) is 0 Å². The summed E-state index contributed by atoms with van der Waals surface area (Å²) < 4.78 is 0. The first-order chi connectivity index (χ1) is 6.70. The summed E-state index contributed by atoms with van der Waals surface area (Å²) in [6.07, 6.45) is 0. The quantitative estimate of drug-likeness (QED) is 0.640. The van der Waals surface area contributed by atoms with Gasteiger partial charge in [0.05, 0.1) is 0 Å². The number of phenolic OH excluding ortho intramolecular Hbond substituents is 1. The fraction of sp³-hybridized carbons (Fsp3) is 0.455. The number of benzene rings is 1. The van der Waals surface area contributed by atoms with Crippen LogP contribution in [0.3, 0.4) is 0 Å². The Hall–Kier alpha value is -1.22. The van der Waals surface area contributed by atoms with E-state index in [4.69, 9.17) is 0 Å². The summed E-state index contributed by atoms with van der Waals surface area (Å²) in [7, 11) is 2.14. The van der Waals surface area contributed by atoms with Crippen LogP contribution in [0.25, 0.3) is 0 Å². The van der Waals surface area contributed by atoms with Crippen LogP contribution in [0, 0.1) is 0 Å². The van der Waals surface area contributed by atoms with Crippen molar-refractivity contribution in [3.8, 4) is 5.75 Å². The SMILES string of the molecule is CN1CC2(CNc3cc(O)ccc32)C1. The fourth-order valence-electron chi connectivity index (χ4n) is 2.77. The highest BCUT2D eigenvalue weighted by Gasteiger charge is 2.46.